The fourth-order valence-corrected chi connectivity index (χ4v) is 0.654. The summed E-state index contributed by atoms with van der Waals surface area (Å²) in [4.78, 5) is 20.4. The predicted octanol–water partition coefficient (Wildman–Crippen LogP) is 0.996. The van der Waals surface area contributed by atoms with Crippen molar-refractivity contribution in [3.05, 3.63) is 11.6 Å². The van der Waals surface area contributed by atoms with Gasteiger partial charge in [0.1, 0.15) is 5.78 Å². The maximum atomic E-state index is 10.4. The number of ketones is 1. The van der Waals surface area contributed by atoms with Crippen molar-refractivity contribution >= 4 is 11.8 Å². The van der Waals surface area contributed by atoms with Crippen molar-refractivity contribution in [3.8, 4) is 0 Å². The molecule has 56 valence electrons. The highest BCUT2D eigenvalue weighted by Crippen LogP contribution is 1.98. The van der Waals surface area contributed by atoms with Crippen LogP contribution >= 0.6 is 0 Å². The number of carboxylic acids is 1. The lowest BCUT2D eigenvalue weighted by atomic mass is 10.1. The molecule has 0 atom stereocenters. The van der Waals surface area contributed by atoms with Crippen molar-refractivity contribution in [2.24, 2.45) is 0 Å². The lowest BCUT2D eigenvalue weighted by Gasteiger charge is -1.92. The molecule has 3 heteroatoms. The van der Waals surface area contributed by atoms with Crippen LogP contribution in [0.5, 0.6) is 0 Å². The molecule has 0 amide bonds. The Balaban J connectivity index is 3.95. The molecule has 0 heterocycles. The number of hydrogen-bond acceptors (Lipinski definition) is 2. The number of carbonyl (C=O) groups excluding carboxylic acids is 1. The second-order valence-corrected chi connectivity index (χ2v) is 2.21. The van der Waals surface area contributed by atoms with E-state index in [1.165, 1.54) is 6.92 Å². The number of carbonyl (C=O) groups is 2. The maximum Gasteiger partial charge on any atom is 0.328 e. The molecule has 0 unspecified atom stereocenters. The van der Waals surface area contributed by atoms with E-state index in [0.29, 0.717) is 5.57 Å². The lowest BCUT2D eigenvalue weighted by molar-refractivity contribution is -0.131. The van der Waals surface area contributed by atoms with Crippen molar-refractivity contribution < 1.29 is 14.7 Å². The van der Waals surface area contributed by atoms with Crippen LogP contribution in [0.1, 0.15) is 20.3 Å². The molecule has 0 aromatic carbocycles. The average molecular weight is 142 g/mol. The number of allylic oxidation sites excluding steroid dienone is 1. The Labute approximate surface area is 59.4 Å². The van der Waals surface area contributed by atoms with E-state index in [4.69, 9.17) is 5.11 Å². The Hall–Kier alpha value is -1.12. The highest BCUT2D eigenvalue weighted by molar-refractivity contribution is 5.84. The summed E-state index contributed by atoms with van der Waals surface area (Å²) < 4.78 is 0. The molecule has 0 aliphatic carbocycles. The van der Waals surface area contributed by atoms with Gasteiger partial charge in [-0.05, 0) is 13.8 Å². The topological polar surface area (TPSA) is 54.4 Å². The lowest BCUT2D eigenvalue weighted by Crippen LogP contribution is -1.94. The summed E-state index contributed by atoms with van der Waals surface area (Å²) in [7, 11) is 0. The van der Waals surface area contributed by atoms with Crippen molar-refractivity contribution in [1.29, 1.82) is 0 Å². The van der Waals surface area contributed by atoms with E-state index in [0.717, 1.165) is 6.08 Å². The fraction of sp³-hybridized carbons (Fsp3) is 0.429. The number of carboxylic acid groups (broad SMARTS) is 1. The molecule has 0 aliphatic rings. The standard InChI is InChI=1S/C7H10O3/c1-5(3-6(2)8)4-7(9)10/h4H,3H2,1-2H3,(H,9,10). The van der Waals surface area contributed by atoms with Crippen LogP contribution in [0, 0.1) is 0 Å². The van der Waals surface area contributed by atoms with Gasteiger partial charge in [0.2, 0.25) is 0 Å². The quantitative estimate of drug-likeness (QED) is 0.598. The normalized spacial score (nSPS) is 11.2. The largest absolute Gasteiger partial charge is 0.478 e. The van der Waals surface area contributed by atoms with E-state index in [1.54, 1.807) is 6.92 Å². The third-order valence-electron chi connectivity index (χ3n) is 0.898. The van der Waals surface area contributed by atoms with E-state index in [9.17, 15) is 9.59 Å². The molecule has 0 aliphatic heterocycles. The molecule has 0 aromatic heterocycles. The van der Waals surface area contributed by atoms with Gasteiger partial charge in [-0.3, -0.25) is 4.79 Å². The Morgan fingerprint density at radius 3 is 2.20 bits per heavy atom. The summed E-state index contributed by atoms with van der Waals surface area (Å²) in [6.45, 7) is 3.05. The highest BCUT2D eigenvalue weighted by atomic mass is 16.4. The van der Waals surface area contributed by atoms with Crippen LogP contribution < -0.4 is 0 Å². The molecule has 0 saturated carbocycles. The summed E-state index contributed by atoms with van der Waals surface area (Å²) in [5.74, 6) is -1.02. The molecule has 0 aromatic rings. The van der Waals surface area contributed by atoms with Crippen LogP contribution in [0.2, 0.25) is 0 Å². The van der Waals surface area contributed by atoms with Gasteiger partial charge in [0.05, 0.1) is 0 Å². The fourth-order valence-electron chi connectivity index (χ4n) is 0.654. The third-order valence-corrected chi connectivity index (χ3v) is 0.898. The molecular formula is C7H10O3. The molecule has 0 saturated heterocycles. The van der Waals surface area contributed by atoms with Crippen molar-refractivity contribution in [2.75, 3.05) is 0 Å². The minimum absolute atomic E-state index is 0.0185. The van der Waals surface area contributed by atoms with E-state index in [2.05, 4.69) is 0 Å². The summed E-state index contributed by atoms with van der Waals surface area (Å²) in [5, 5.41) is 8.21. The zero-order chi connectivity index (χ0) is 8.15. The Bertz CT molecular complexity index is 179. The van der Waals surface area contributed by atoms with Crippen molar-refractivity contribution in [1.82, 2.24) is 0 Å². The molecule has 0 rings (SSSR count). The first kappa shape index (κ1) is 8.88. The first-order chi connectivity index (χ1) is 4.52. The summed E-state index contributed by atoms with van der Waals surface area (Å²) in [5.41, 5.74) is 0.583. The summed E-state index contributed by atoms with van der Waals surface area (Å²) >= 11 is 0. The van der Waals surface area contributed by atoms with E-state index in [-0.39, 0.29) is 12.2 Å². The molecule has 10 heavy (non-hydrogen) atoms. The average Bonchev–Trinajstić information content (AvgIpc) is 1.58. The van der Waals surface area contributed by atoms with Crippen LogP contribution in [-0.4, -0.2) is 16.9 Å². The Morgan fingerprint density at radius 2 is 1.90 bits per heavy atom. The van der Waals surface area contributed by atoms with Gasteiger partial charge in [0, 0.05) is 12.5 Å². The highest BCUT2D eigenvalue weighted by Gasteiger charge is 1.96. The monoisotopic (exact) mass is 142 g/mol. The smallest absolute Gasteiger partial charge is 0.328 e. The summed E-state index contributed by atoms with van der Waals surface area (Å²) in [6.07, 6.45) is 1.27. The van der Waals surface area contributed by atoms with Crippen LogP contribution in [0.4, 0.5) is 0 Å². The van der Waals surface area contributed by atoms with Gasteiger partial charge in [-0.25, -0.2) is 4.79 Å². The van der Waals surface area contributed by atoms with Gasteiger partial charge in [-0.1, -0.05) is 5.57 Å². The Morgan fingerprint density at radius 1 is 1.40 bits per heavy atom. The second kappa shape index (κ2) is 3.82. The molecular weight excluding hydrogens is 132 g/mol. The van der Waals surface area contributed by atoms with Gasteiger partial charge in [-0.2, -0.15) is 0 Å². The molecule has 0 bridgehead atoms. The molecule has 0 fully saturated rings. The van der Waals surface area contributed by atoms with Crippen molar-refractivity contribution in [2.45, 2.75) is 20.3 Å². The molecule has 0 spiro atoms. The molecule has 0 radical (unpaired) electrons. The van der Waals surface area contributed by atoms with Crippen LogP contribution in [0.15, 0.2) is 11.6 Å². The zero-order valence-electron chi connectivity index (χ0n) is 6.05. The first-order valence-electron chi connectivity index (χ1n) is 2.92. The van der Waals surface area contributed by atoms with Gasteiger partial charge in [-0.15, -0.1) is 0 Å². The van der Waals surface area contributed by atoms with Crippen LogP contribution in [0.25, 0.3) is 0 Å². The van der Waals surface area contributed by atoms with Gasteiger partial charge in [0.15, 0.2) is 0 Å². The van der Waals surface area contributed by atoms with Gasteiger partial charge in [0.25, 0.3) is 0 Å². The van der Waals surface area contributed by atoms with Gasteiger partial charge < -0.3 is 5.11 Å². The minimum Gasteiger partial charge on any atom is -0.478 e. The number of hydrogen-bond donors (Lipinski definition) is 1. The second-order valence-electron chi connectivity index (χ2n) is 2.21. The van der Waals surface area contributed by atoms with Gasteiger partial charge >= 0.3 is 5.97 Å². The molecule has 3 nitrogen and oxygen atoms in total. The first-order valence-corrected chi connectivity index (χ1v) is 2.92. The summed E-state index contributed by atoms with van der Waals surface area (Å²) in [6, 6.07) is 0. The maximum absolute atomic E-state index is 10.4. The van der Waals surface area contributed by atoms with Crippen molar-refractivity contribution in [3.63, 3.8) is 0 Å². The zero-order valence-corrected chi connectivity index (χ0v) is 6.05. The van der Waals surface area contributed by atoms with Crippen LogP contribution in [0.3, 0.4) is 0 Å². The third kappa shape index (κ3) is 5.03. The number of rotatable bonds is 3. The van der Waals surface area contributed by atoms with E-state index in [1.807, 2.05) is 0 Å². The number of Topliss-reactive ketones (excluding diaryl/α,β-unsaturated/α-hetero) is 1. The minimum atomic E-state index is -1.00. The predicted molar refractivity (Wildman–Crippen MR) is 36.7 cm³/mol. The molecule has 1 N–H and O–H groups in total. The Kier molecular flexibility index (Phi) is 3.39. The van der Waals surface area contributed by atoms with E-state index < -0.39 is 5.97 Å². The van der Waals surface area contributed by atoms with E-state index >= 15 is 0 Å². The SMILES string of the molecule is CC(=O)CC(C)=CC(=O)O. The van der Waals surface area contributed by atoms with Crippen LogP contribution in [-0.2, 0) is 9.59 Å². The number of aliphatic carboxylic acids is 1.